The van der Waals surface area contributed by atoms with Gasteiger partial charge in [0.2, 0.25) is 5.13 Å². The normalized spacial score (nSPS) is 10.2. The van der Waals surface area contributed by atoms with Gasteiger partial charge < -0.3 is 14.8 Å². The zero-order valence-electron chi connectivity index (χ0n) is 11.5. The Labute approximate surface area is 120 Å². The van der Waals surface area contributed by atoms with Gasteiger partial charge >= 0.3 is 0 Å². The largest absolute Gasteiger partial charge is 0.497 e. The molecule has 0 fully saturated rings. The van der Waals surface area contributed by atoms with E-state index >= 15 is 0 Å². The molecule has 0 saturated carbocycles. The molecule has 0 atom stereocenters. The molecule has 1 heterocycles. The Morgan fingerprint density at radius 3 is 2.45 bits per heavy atom. The van der Waals surface area contributed by atoms with Crippen LogP contribution in [0, 0.1) is 0 Å². The number of hydrogen-bond donors (Lipinski definition) is 1. The van der Waals surface area contributed by atoms with Crippen LogP contribution in [0.25, 0.3) is 0 Å². The molecular formula is C13H15N3O3S. The number of aromatic nitrogens is 2. The van der Waals surface area contributed by atoms with E-state index in [-0.39, 0.29) is 12.2 Å². The average molecular weight is 293 g/mol. The maximum absolute atomic E-state index is 11.0. The van der Waals surface area contributed by atoms with Gasteiger partial charge in [0.1, 0.15) is 17.3 Å². The SMILES string of the molecule is COc1cc(Nc2nc(CC(C)=O)ns2)cc(OC)c1. The van der Waals surface area contributed by atoms with Gasteiger partial charge in [0.15, 0.2) is 5.82 Å². The summed E-state index contributed by atoms with van der Waals surface area (Å²) in [6.07, 6.45) is 0.250. The van der Waals surface area contributed by atoms with Crippen LogP contribution < -0.4 is 14.8 Å². The van der Waals surface area contributed by atoms with Gasteiger partial charge in [-0.05, 0) is 6.92 Å². The van der Waals surface area contributed by atoms with Gasteiger partial charge in [0.25, 0.3) is 0 Å². The highest BCUT2D eigenvalue weighted by Crippen LogP contribution is 2.28. The first-order valence-corrected chi connectivity index (χ1v) is 6.70. The van der Waals surface area contributed by atoms with Crippen LogP contribution in [0.4, 0.5) is 10.8 Å². The van der Waals surface area contributed by atoms with E-state index < -0.39 is 0 Å². The number of benzene rings is 1. The summed E-state index contributed by atoms with van der Waals surface area (Å²) in [5.74, 6) is 1.93. The topological polar surface area (TPSA) is 73.3 Å². The van der Waals surface area contributed by atoms with Crippen LogP contribution in [0.5, 0.6) is 11.5 Å². The van der Waals surface area contributed by atoms with Crippen molar-refractivity contribution in [3.05, 3.63) is 24.0 Å². The van der Waals surface area contributed by atoms with Crippen molar-refractivity contribution in [1.82, 2.24) is 9.36 Å². The van der Waals surface area contributed by atoms with Crippen molar-refractivity contribution in [3.63, 3.8) is 0 Å². The first kappa shape index (κ1) is 14.3. The van der Waals surface area contributed by atoms with E-state index in [0.717, 1.165) is 5.69 Å². The Morgan fingerprint density at radius 2 is 1.90 bits per heavy atom. The molecule has 0 aliphatic carbocycles. The summed E-state index contributed by atoms with van der Waals surface area (Å²) < 4.78 is 14.5. The summed E-state index contributed by atoms with van der Waals surface area (Å²) in [4.78, 5) is 15.3. The minimum atomic E-state index is 0.0393. The van der Waals surface area contributed by atoms with E-state index in [1.54, 1.807) is 20.3 Å². The van der Waals surface area contributed by atoms with Crippen molar-refractivity contribution in [1.29, 1.82) is 0 Å². The third-order valence-corrected chi connectivity index (χ3v) is 3.15. The Bertz CT molecular complexity index is 590. The van der Waals surface area contributed by atoms with E-state index in [2.05, 4.69) is 14.7 Å². The number of Topliss-reactive ketones (excluding diaryl/α,β-unsaturated/α-hetero) is 1. The first-order chi connectivity index (χ1) is 9.60. The van der Waals surface area contributed by atoms with Crippen LogP contribution in [-0.4, -0.2) is 29.4 Å². The van der Waals surface area contributed by atoms with Crippen molar-refractivity contribution >= 4 is 28.1 Å². The number of ketones is 1. The molecule has 0 spiro atoms. The zero-order chi connectivity index (χ0) is 14.5. The smallest absolute Gasteiger partial charge is 0.207 e. The van der Waals surface area contributed by atoms with Gasteiger partial charge in [0, 0.05) is 35.4 Å². The predicted octanol–water partition coefficient (Wildman–Crippen LogP) is 2.43. The van der Waals surface area contributed by atoms with Crippen LogP contribution in [0.3, 0.4) is 0 Å². The Balaban J connectivity index is 2.16. The predicted molar refractivity (Wildman–Crippen MR) is 77.1 cm³/mol. The molecule has 20 heavy (non-hydrogen) atoms. The highest BCUT2D eigenvalue weighted by Gasteiger charge is 2.08. The number of carbonyl (C=O) groups is 1. The maximum atomic E-state index is 11.0. The van der Waals surface area contributed by atoms with Crippen LogP contribution in [0.2, 0.25) is 0 Å². The molecule has 1 aromatic carbocycles. The molecule has 0 unspecified atom stereocenters. The minimum absolute atomic E-state index is 0.0393. The van der Waals surface area contributed by atoms with Gasteiger partial charge in [-0.25, -0.2) is 4.98 Å². The number of hydrogen-bond acceptors (Lipinski definition) is 7. The second-order valence-corrected chi connectivity index (χ2v) is 4.87. The number of ether oxygens (including phenoxy) is 2. The molecule has 0 saturated heterocycles. The van der Waals surface area contributed by atoms with Crippen molar-refractivity contribution < 1.29 is 14.3 Å². The fourth-order valence-electron chi connectivity index (χ4n) is 1.60. The number of methoxy groups -OCH3 is 2. The summed E-state index contributed by atoms with van der Waals surface area (Å²) in [7, 11) is 3.18. The van der Waals surface area contributed by atoms with Crippen molar-refractivity contribution in [2.75, 3.05) is 19.5 Å². The summed E-state index contributed by atoms with van der Waals surface area (Å²) >= 11 is 1.21. The second kappa shape index (κ2) is 6.33. The van der Waals surface area contributed by atoms with Gasteiger partial charge in [-0.1, -0.05) is 0 Å². The molecule has 1 aromatic heterocycles. The Kier molecular flexibility index (Phi) is 4.52. The molecule has 0 amide bonds. The fourth-order valence-corrected chi connectivity index (χ4v) is 2.21. The molecule has 0 radical (unpaired) electrons. The Hall–Kier alpha value is -2.15. The van der Waals surface area contributed by atoms with E-state index in [1.165, 1.54) is 18.5 Å². The monoisotopic (exact) mass is 293 g/mol. The van der Waals surface area contributed by atoms with E-state index in [9.17, 15) is 4.79 Å². The van der Waals surface area contributed by atoms with Gasteiger partial charge in [-0.15, -0.1) is 0 Å². The highest BCUT2D eigenvalue weighted by molar-refractivity contribution is 7.09. The van der Waals surface area contributed by atoms with Gasteiger partial charge in [-0.2, -0.15) is 4.37 Å². The summed E-state index contributed by atoms with van der Waals surface area (Å²) in [6.45, 7) is 1.51. The molecule has 2 aromatic rings. The molecule has 7 heteroatoms. The fraction of sp³-hybridized carbons (Fsp3) is 0.308. The molecular weight excluding hydrogens is 278 g/mol. The van der Waals surface area contributed by atoms with Crippen LogP contribution in [0.15, 0.2) is 18.2 Å². The van der Waals surface area contributed by atoms with Gasteiger partial charge in [0.05, 0.1) is 20.6 Å². The van der Waals surface area contributed by atoms with Crippen molar-refractivity contribution in [2.45, 2.75) is 13.3 Å². The third kappa shape index (κ3) is 3.67. The molecule has 0 aliphatic heterocycles. The van der Waals surface area contributed by atoms with Crippen LogP contribution in [0.1, 0.15) is 12.7 Å². The molecule has 2 rings (SSSR count). The number of anilines is 2. The zero-order valence-corrected chi connectivity index (χ0v) is 12.3. The molecule has 106 valence electrons. The number of nitrogens with one attached hydrogen (secondary N) is 1. The average Bonchev–Trinajstić information content (AvgIpc) is 2.84. The maximum Gasteiger partial charge on any atom is 0.207 e. The van der Waals surface area contributed by atoms with E-state index in [0.29, 0.717) is 22.5 Å². The van der Waals surface area contributed by atoms with Crippen LogP contribution in [-0.2, 0) is 11.2 Å². The van der Waals surface area contributed by atoms with E-state index in [4.69, 9.17) is 9.47 Å². The standard InChI is InChI=1S/C13H15N3O3S/c1-8(17)4-12-15-13(20-16-12)14-9-5-10(18-2)7-11(6-9)19-3/h5-7H,4H2,1-3H3,(H,14,15,16). The molecule has 6 nitrogen and oxygen atoms in total. The molecule has 0 bridgehead atoms. The lowest BCUT2D eigenvalue weighted by molar-refractivity contribution is -0.116. The lowest BCUT2D eigenvalue weighted by atomic mass is 10.3. The van der Waals surface area contributed by atoms with Crippen LogP contribution >= 0.6 is 11.5 Å². The van der Waals surface area contributed by atoms with Crippen molar-refractivity contribution in [2.24, 2.45) is 0 Å². The third-order valence-electron chi connectivity index (χ3n) is 2.48. The summed E-state index contributed by atoms with van der Waals surface area (Å²) in [5.41, 5.74) is 0.784. The van der Waals surface area contributed by atoms with Gasteiger partial charge in [-0.3, -0.25) is 4.79 Å². The minimum Gasteiger partial charge on any atom is -0.497 e. The second-order valence-electron chi connectivity index (χ2n) is 4.12. The summed E-state index contributed by atoms with van der Waals surface area (Å²) in [6, 6.07) is 5.44. The number of nitrogens with zero attached hydrogens (tertiary/aromatic N) is 2. The lowest BCUT2D eigenvalue weighted by Gasteiger charge is -2.08. The quantitative estimate of drug-likeness (QED) is 0.881. The van der Waals surface area contributed by atoms with Crippen molar-refractivity contribution in [3.8, 4) is 11.5 Å². The molecule has 1 N–H and O–H groups in total. The first-order valence-electron chi connectivity index (χ1n) is 5.93. The lowest BCUT2D eigenvalue weighted by Crippen LogP contribution is -1.98. The molecule has 0 aliphatic rings. The number of carbonyl (C=O) groups excluding carboxylic acids is 1. The summed E-state index contributed by atoms with van der Waals surface area (Å²) in [5, 5.41) is 3.74. The Morgan fingerprint density at radius 1 is 1.25 bits per heavy atom. The highest BCUT2D eigenvalue weighted by atomic mass is 32.1. The van der Waals surface area contributed by atoms with E-state index in [1.807, 2.05) is 12.1 Å². The number of rotatable bonds is 6.